The van der Waals surface area contributed by atoms with Gasteiger partial charge in [-0.25, -0.2) is 13.2 Å². The predicted octanol–water partition coefficient (Wildman–Crippen LogP) is 3.51. The van der Waals surface area contributed by atoms with Gasteiger partial charge in [-0.1, -0.05) is 19.9 Å². The lowest BCUT2D eigenvalue weighted by Crippen LogP contribution is -2.67. The van der Waals surface area contributed by atoms with E-state index in [0.29, 0.717) is 5.56 Å². The van der Waals surface area contributed by atoms with E-state index in [1.165, 1.54) is 24.0 Å². The van der Waals surface area contributed by atoms with Crippen LogP contribution in [-0.2, 0) is 4.79 Å². The summed E-state index contributed by atoms with van der Waals surface area (Å²) in [5, 5.41) is 15.2. The van der Waals surface area contributed by atoms with Crippen molar-refractivity contribution in [2.75, 3.05) is 25.0 Å². The summed E-state index contributed by atoms with van der Waals surface area (Å²) in [6.07, 6.45) is 0. The lowest BCUT2D eigenvalue weighted by molar-refractivity contribution is -0.123. The number of β-amino-alcohol motifs (C(OH)–C–C–N with tert-alkyl or cyclic N) is 1. The molecule has 3 N–H and O–H groups in total. The first kappa shape index (κ1) is 24.2. The van der Waals surface area contributed by atoms with E-state index >= 15 is 0 Å². The van der Waals surface area contributed by atoms with E-state index in [9.17, 15) is 27.9 Å². The van der Waals surface area contributed by atoms with E-state index in [0.717, 1.165) is 12.1 Å². The summed E-state index contributed by atoms with van der Waals surface area (Å²) < 4.78 is 42.4. The Balaban J connectivity index is 0.00000166. The zero-order chi connectivity index (χ0) is 23.3. The molecular formula is C22H26F3N3O3. The topological polar surface area (TPSA) is 81.7 Å². The van der Waals surface area contributed by atoms with Crippen molar-refractivity contribution in [2.24, 2.45) is 0 Å². The van der Waals surface area contributed by atoms with E-state index in [2.05, 4.69) is 10.6 Å². The van der Waals surface area contributed by atoms with Gasteiger partial charge in [0, 0.05) is 13.5 Å². The number of aryl methyl sites for hydroxylation is 1. The average Bonchev–Trinajstić information content (AvgIpc) is 2.70. The third-order valence-corrected chi connectivity index (χ3v) is 4.63. The number of nitrogens with zero attached hydrogens (tertiary/aromatic N) is 1. The molecule has 6 nitrogen and oxygen atoms in total. The largest absolute Gasteiger partial charge is 0.384 e. The van der Waals surface area contributed by atoms with Gasteiger partial charge in [-0.15, -0.1) is 0 Å². The van der Waals surface area contributed by atoms with Crippen molar-refractivity contribution < 1.29 is 27.9 Å². The van der Waals surface area contributed by atoms with Crippen molar-refractivity contribution in [1.29, 1.82) is 0 Å². The second-order valence-electron chi connectivity index (χ2n) is 7.19. The quantitative estimate of drug-likeness (QED) is 0.669. The minimum absolute atomic E-state index is 0.0381. The molecule has 1 aliphatic rings. The fraction of sp³-hybridized carbons (Fsp3) is 0.364. The molecular weight excluding hydrogens is 411 g/mol. The number of likely N-dealkylation sites (tertiary alicyclic amines) is 1. The number of carbonyl (C=O) groups excluding carboxylic acids is 2. The Morgan fingerprint density at radius 2 is 1.74 bits per heavy atom. The highest BCUT2D eigenvalue weighted by Crippen LogP contribution is 2.31. The van der Waals surface area contributed by atoms with Crippen molar-refractivity contribution in [3.05, 3.63) is 58.9 Å². The van der Waals surface area contributed by atoms with Crippen LogP contribution < -0.4 is 10.6 Å². The second kappa shape index (κ2) is 9.82. The van der Waals surface area contributed by atoms with Crippen molar-refractivity contribution in [2.45, 2.75) is 33.3 Å². The molecule has 31 heavy (non-hydrogen) atoms. The van der Waals surface area contributed by atoms with Crippen LogP contribution in [0.2, 0.25) is 0 Å². The minimum Gasteiger partial charge on any atom is -0.384 e. The summed E-state index contributed by atoms with van der Waals surface area (Å²) in [5.74, 6) is -4.17. The highest BCUT2D eigenvalue weighted by molar-refractivity contribution is 6.01. The maximum Gasteiger partial charge on any atom is 0.256 e. The average molecular weight is 437 g/mol. The number of hydrogen-bond acceptors (Lipinski definition) is 4. The van der Waals surface area contributed by atoms with Gasteiger partial charge in [-0.05, 0) is 36.8 Å². The fourth-order valence-electron chi connectivity index (χ4n) is 3.09. The van der Waals surface area contributed by atoms with Gasteiger partial charge in [-0.2, -0.15) is 0 Å². The Morgan fingerprint density at radius 1 is 1.10 bits per heavy atom. The standard InChI is InChI=1S/C20H20F3N3O3.C2H6/c1-11-3-6-16(15(22)7-11)25-18-13(4-5-14(21)17(18)23)19(28)26-9-20(29,10-26)8-24-12(2)27;1-2/h3-7,25,29H,8-10H2,1-2H3,(H,24,27);1-2H3. The van der Waals surface area contributed by atoms with Crippen LogP contribution in [0.25, 0.3) is 0 Å². The number of nitrogens with one attached hydrogen (secondary N) is 2. The van der Waals surface area contributed by atoms with Gasteiger partial charge in [0.1, 0.15) is 11.4 Å². The number of hydrogen-bond donors (Lipinski definition) is 3. The zero-order valence-corrected chi connectivity index (χ0v) is 17.9. The lowest BCUT2D eigenvalue weighted by atomic mass is 9.92. The summed E-state index contributed by atoms with van der Waals surface area (Å²) in [7, 11) is 0. The Kier molecular flexibility index (Phi) is 7.67. The van der Waals surface area contributed by atoms with E-state index < -0.39 is 34.6 Å². The summed E-state index contributed by atoms with van der Waals surface area (Å²) in [4.78, 5) is 25.0. The first-order valence-corrected chi connectivity index (χ1v) is 9.87. The predicted molar refractivity (Wildman–Crippen MR) is 112 cm³/mol. The van der Waals surface area contributed by atoms with Gasteiger partial charge in [0.15, 0.2) is 11.6 Å². The molecule has 0 unspecified atom stereocenters. The first-order chi connectivity index (χ1) is 14.6. The van der Waals surface area contributed by atoms with Gasteiger partial charge >= 0.3 is 0 Å². The van der Waals surface area contributed by atoms with Crippen molar-refractivity contribution in [3.63, 3.8) is 0 Å². The number of benzene rings is 2. The smallest absolute Gasteiger partial charge is 0.256 e. The van der Waals surface area contributed by atoms with Crippen LogP contribution in [0.1, 0.15) is 36.7 Å². The molecule has 1 heterocycles. The third-order valence-electron chi connectivity index (χ3n) is 4.63. The summed E-state index contributed by atoms with van der Waals surface area (Å²) >= 11 is 0. The van der Waals surface area contributed by atoms with E-state index in [1.807, 2.05) is 13.8 Å². The summed E-state index contributed by atoms with van der Waals surface area (Å²) in [5.41, 5.74) is -1.46. The van der Waals surface area contributed by atoms with Crippen molar-refractivity contribution >= 4 is 23.2 Å². The van der Waals surface area contributed by atoms with Crippen LogP contribution in [-0.4, -0.2) is 47.1 Å². The van der Waals surface area contributed by atoms with Crippen LogP contribution in [0.15, 0.2) is 30.3 Å². The maximum absolute atomic E-state index is 14.4. The number of aliphatic hydroxyl groups is 1. The minimum atomic E-state index is -1.31. The van der Waals surface area contributed by atoms with Crippen LogP contribution in [0.5, 0.6) is 0 Å². The molecule has 0 saturated carbocycles. The molecule has 0 spiro atoms. The number of anilines is 2. The molecule has 2 aromatic rings. The number of amides is 2. The van der Waals surface area contributed by atoms with Crippen LogP contribution >= 0.6 is 0 Å². The normalized spacial score (nSPS) is 14.1. The molecule has 9 heteroatoms. The second-order valence-corrected chi connectivity index (χ2v) is 7.19. The molecule has 2 amide bonds. The van der Waals surface area contributed by atoms with Crippen molar-refractivity contribution in [1.82, 2.24) is 10.2 Å². The van der Waals surface area contributed by atoms with Gasteiger partial charge < -0.3 is 20.6 Å². The molecule has 3 rings (SSSR count). The summed E-state index contributed by atoms with van der Waals surface area (Å²) in [6, 6.07) is 6.07. The molecule has 0 atom stereocenters. The van der Waals surface area contributed by atoms with E-state index in [4.69, 9.17) is 0 Å². The SMILES string of the molecule is CC.CC(=O)NCC1(O)CN(C(=O)c2ccc(F)c(F)c2Nc2ccc(C)cc2F)C1. The Labute approximate surface area is 179 Å². The molecule has 0 aliphatic carbocycles. The lowest BCUT2D eigenvalue weighted by Gasteiger charge is -2.46. The Morgan fingerprint density at radius 3 is 2.32 bits per heavy atom. The fourth-order valence-corrected chi connectivity index (χ4v) is 3.09. The number of rotatable bonds is 5. The third kappa shape index (κ3) is 5.55. The highest BCUT2D eigenvalue weighted by Gasteiger charge is 2.44. The molecule has 0 bridgehead atoms. The molecule has 2 aromatic carbocycles. The number of halogens is 3. The molecule has 168 valence electrons. The van der Waals surface area contributed by atoms with E-state index in [-0.39, 0.29) is 36.8 Å². The maximum atomic E-state index is 14.4. The Hall–Kier alpha value is -3.07. The Bertz CT molecular complexity index is 976. The van der Waals surface area contributed by atoms with Crippen LogP contribution in [0, 0.1) is 24.4 Å². The molecule has 0 radical (unpaired) electrons. The van der Waals surface area contributed by atoms with Gasteiger partial charge in [0.05, 0.1) is 30.0 Å². The monoisotopic (exact) mass is 437 g/mol. The van der Waals surface area contributed by atoms with Crippen LogP contribution in [0.4, 0.5) is 24.5 Å². The van der Waals surface area contributed by atoms with Gasteiger partial charge in [-0.3, -0.25) is 9.59 Å². The van der Waals surface area contributed by atoms with Gasteiger partial charge in [0.25, 0.3) is 5.91 Å². The van der Waals surface area contributed by atoms with Gasteiger partial charge in [0.2, 0.25) is 5.91 Å². The summed E-state index contributed by atoms with van der Waals surface area (Å²) in [6.45, 7) is 6.75. The van der Waals surface area contributed by atoms with E-state index in [1.54, 1.807) is 13.0 Å². The molecule has 1 aliphatic heterocycles. The number of carbonyl (C=O) groups is 2. The zero-order valence-electron chi connectivity index (χ0n) is 17.9. The molecule has 1 fully saturated rings. The van der Waals surface area contributed by atoms with Crippen molar-refractivity contribution in [3.8, 4) is 0 Å². The molecule has 1 saturated heterocycles. The van der Waals surface area contributed by atoms with Crippen LogP contribution in [0.3, 0.4) is 0 Å². The molecule has 0 aromatic heterocycles. The highest BCUT2D eigenvalue weighted by atomic mass is 19.2. The first-order valence-electron chi connectivity index (χ1n) is 9.87.